The Morgan fingerprint density at radius 2 is 1.82 bits per heavy atom. The third-order valence-corrected chi connectivity index (χ3v) is 3.70. The summed E-state index contributed by atoms with van der Waals surface area (Å²) in [5.74, 6) is 0.519. The van der Waals surface area contributed by atoms with Crippen molar-refractivity contribution in [2.75, 3.05) is 0 Å². The SMILES string of the molecule is Cc1cc(Cl)ccc1O[C@H](C)C(=O)N[C@@H](C)c1ccccc1. The molecule has 0 saturated heterocycles. The number of hydrogen-bond donors (Lipinski definition) is 1. The van der Waals surface area contributed by atoms with Crippen LogP contribution < -0.4 is 10.1 Å². The van der Waals surface area contributed by atoms with Gasteiger partial charge in [0.15, 0.2) is 6.10 Å². The van der Waals surface area contributed by atoms with E-state index in [4.69, 9.17) is 16.3 Å². The van der Waals surface area contributed by atoms with E-state index in [9.17, 15) is 4.79 Å². The predicted octanol–water partition coefficient (Wildman–Crippen LogP) is 4.29. The highest BCUT2D eigenvalue weighted by atomic mass is 35.5. The van der Waals surface area contributed by atoms with Crippen LogP contribution in [0.4, 0.5) is 0 Å². The minimum atomic E-state index is -0.578. The average molecular weight is 318 g/mol. The number of halogens is 1. The first-order chi connectivity index (χ1) is 10.5. The molecule has 0 spiro atoms. The molecule has 0 bridgehead atoms. The number of nitrogens with one attached hydrogen (secondary N) is 1. The van der Waals surface area contributed by atoms with Crippen molar-refractivity contribution < 1.29 is 9.53 Å². The van der Waals surface area contributed by atoms with Crippen molar-refractivity contribution in [1.82, 2.24) is 5.32 Å². The molecule has 2 rings (SSSR count). The van der Waals surface area contributed by atoms with Crippen molar-refractivity contribution in [3.8, 4) is 5.75 Å². The van der Waals surface area contributed by atoms with Crippen LogP contribution in [-0.2, 0) is 4.79 Å². The first kappa shape index (κ1) is 16.4. The Hall–Kier alpha value is -2.00. The van der Waals surface area contributed by atoms with Gasteiger partial charge < -0.3 is 10.1 Å². The van der Waals surface area contributed by atoms with Crippen molar-refractivity contribution in [3.63, 3.8) is 0 Å². The molecule has 0 fully saturated rings. The van der Waals surface area contributed by atoms with Crippen LogP contribution in [0, 0.1) is 6.92 Å². The van der Waals surface area contributed by atoms with Gasteiger partial charge in [0.2, 0.25) is 0 Å². The molecule has 2 aromatic carbocycles. The zero-order chi connectivity index (χ0) is 16.1. The third kappa shape index (κ3) is 4.25. The zero-order valence-electron chi connectivity index (χ0n) is 13.0. The predicted molar refractivity (Wildman–Crippen MR) is 89.3 cm³/mol. The van der Waals surface area contributed by atoms with Crippen LogP contribution in [0.1, 0.15) is 31.0 Å². The Labute approximate surface area is 136 Å². The molecule has 22 heavy (non-hydrogen) atoms. The maximum atomic E-state index is 12.2. The maximum absolute atomic E-state index is 12.2. The van der Waals surface area contributed by atoms with Gasteiger partial charge in [-0.15, -0.1) is 0 Å². The van der Waals surface area contributed by atoms with E-state index < -0.39 is 6.10 Å². The summed E-state index contributed by atoms with van der Waals surface area (Å²) >= 11 is 5.92. The van der Waals surface area contributed by atoms with E-state index in [1.165, 1.54) is 0 Å². The van der Waals surface area contributed by atoms with Crippen molar-refractivity contribution in [2.24, 2.45) is 0 Å². The molecule has 0 aliphatic carbocycles. The summed E-state index contributed by atoms with van der Waals surface area (Å²) in [5, 5.41) is 3.61. The molecular weight excluding hydrogens is 298 g/mol. The van der Waals surface area contributed by atoms with Gasteiger partial charge in [-0.25, -0.2) is 0 Å². The molecule has 0 heterocycles. The Balaban J connectivity index is 1.97. The number of carbonyl (C=O) groups is 1. The van der Waals surface area contributed by atoms with Crippen molar-refractivity contribution in [2.45, 2.75) is 32.9 Å². The Bertz CT molecular complexity index is 643. The lowest BCUT2D eigenvalue weighted by molar-refractivity contribution is -0.127. The molecular formula is C18H20ClNO2. The average Bonchev–Trinajstić information content (AvgIpc) is 2.50. The summed E-state index contributed by atoms with van der Waals surface area (Å²) in [7, 11) is 0. The van der Waals surface area contributed by atoms with E-state index in [0.717, 1.165) is 11.1 Å². The monoisotopic (exact) mass is 317 g/mol. The molecule has 0 saturated carbocycles. The van der Waals surface area contributed by atoms with Crippen molar-refractivity contribution in [1.29, 1.82) is 0 Å². The van der Waals surface area contributed by atoms with Crippen LogP contribution in [0.2, 0.25) is 5.02 Å². The Morgan fingerprint density at radius 3 is 2.45 bits per heavy atom. The molecule has 1 amide bonds. The second-order valence-corrected chi connectivity index (χ2v) is 5.75. The number of carbonyl (C=O) groups excluding carboxylic acids is 1. The van der Waals surface area contributed by atoms with Gasteiger partial charge in [0.1, 0.15) is 5.75 Å². The van der Waals surface area contributed by atoms with E-state index >= 15 is 0 Å². The minimum absolute atomic E-state index is 0.0638. The summed E-state index contributed by atoms with van der Waals surface area (Å²) in [6, 6.07) is 15.1. The minimum Gasteiger partial charge on any atom is -0.481 e. The molecule has 0 aliphatic heterocycles. The number of benzene rings is 2. The normalized spacial score (nSPS) is 13.3. The fourth-order valence-electron chi connectivity index (χ4n) is 2.14. The van der Waals surface area contributed by atoms with Gasteiger partial charge in [0.25, 0.3) is 5.91 Å². The first-order valence-corrected chi connectivity index (χ1v) is 7.63. The highest BCUT2D eigenvalue weighted by Gasteiger charge is 2.18. The largest absolute Gasteiger partial charge is 0.481 e. The zero-order valence-corrected chi connectivity index (χ0v) is 13.7. The van der Waals surface area contributed by atoms with Crippen molar-refractivity contribution in [3.05, 3.63) is 64.7 Å². The quantitative estimate of drug-likeness (QED) is 0.893. The summed E-state index contributed by atoms with van der Waals surface area (Å²) in [6.07, 6.45) is -0.578. The summed E-state index contributed by atoms with van der Waals surface area (Å²) in [4.78, 5) is 12.2. The van der Waals surface area contributed by atoms with Gasteiger partial charge in [0, 0.05) is 5.02 Å². The standard InChI is InChI=1S/C18H20ClNO2/c1-12-11-16(19)9-10-17(12)22-14(3)18(21)20-13(2)15-7-5-4-6-8-15/h4-11,13-14H,1-3H3,(H,20,21)/t13-,14+/m0/s1. The highest BCUT2D eigenvalue weighted by molar-refractivity contribution is 6.30. The first-order valence-electron chi connectivity index (χ1n) is 7.25. The molecule has 0 unspecified atom stereocenters. The van der Waals surface area contributed by atoms with E-state index in [-0.39, 0.29) is 11.9 Å². The van der Waals surface area contributed by atoms with Gasteiger partial charge in [-0.3, -0.25) is 4.79 Å². The number of amides is 1. The fraction of sp³-hybridized carbons (Fsp3) is 0.278. The maximum Gasteiger partial charge on any atom is 0.261 e. The second-order valence-electron chi connectivity index (χ2n) is 5.31. The highest BCUT2D eigenvalue weighted by Crippen LogP contribution is 2.23. The number of rotatable bonds is 5. The van der Waals surface area contributed by atoms with E-state index in [1.54, 1.807) is 19.1 Å². The molecule has 2 atom stereocenters. The smallest absolute Gasteiger partial charge is 0.261 e. The van der Waals surface area contributed by atoms with Crippen LogP contribution >= 0.6 is 11.6 Å². The van der Waals surface area contributed by atoms with Gasteiger partial charge in [-0.2, -0.15) is 0 Å². The second kappa shape index (κ2) is 7.32. The van der Waals surface area contributed by atoms with Gasteiger partial charge in [-0.1, -0.05) is 41.9 Å². The lowest BCUT2D eigenvalue weighted by Gasteiger charge is -2.20. The van der Waals surface area contributed by atoms with Gasteiger partial charge in [0.05, 0.1) is 6.04 Å². The van der Waals surface area contributed by atoms with Crippen LogP contribution in [0.5, 0.6) is 5.75 Å². The van der Waals surface area contributed by atoms with E-state index in [1.807, 2.05) is 50.2 Å². The van der Waals surface area contributed by atoms with E-state index in [0.29, 0.717) is 10.8 Å². The molecule has 1 N–H and O–H groups in total. The molecule has 0 aromatic heterocycles. The number of aryl methyl sites for hydroxylation is 1. The fourth-order valence-corrected chi connectivity index (χ4v) is 2.37. The van der Waals surface area contributed by atoms with Gasteiger partial charge in [-0.05, 0) is 50.1 Å². The third-order valence-electron chi connectivity index (χ3n) is 3.47. The summed E-state index contributed by atoms with van der Waals surface area (Å²) in [6.45, 7) is 5.59. The summed E-state index contributed by atoms with van der Waals surface area (Å²) < 4.78 is 5.73. The lowest BCUT2D eigenvalue weighted by atomic mass is 10.1. The molecule has 2 aromatic rings. The topological polar surface area (TPSA) is 38.3 Å². The molecule has 0 aliphatic rings. The summed E-state index contributed by atoms with van der Waals surface area (Å²) in [5.41, 5.74) is 1.97. The number of ether oxygens (including phenoxy) is 1. The lowest BCUT2D eigenvalue weighted by Crippen LogP contribution is -2.37. The Kier molecular flexibility index (Phi) is 5.45. The number of hydrogen-bond acceptors (Lipinski definition) is 2. The molecule has 3 nitrogen and oxygen atoms in total. The van der Waals surface area contributed by atoms with Gasteiger partial charge >= 0.3 is 0 Å². The van der Waals surface area contributed by atoms with Crippen LogP contribution in [0.15, 0.2) is 48.5 Å². The van der Waals surface area contributed by atoms with Crippen LogP contribution in [-0.4, -0.2) is 12.0 Å². The molecule has 0 radical (unpaired) electrons. The van der Waals surface area contributed by atoms with Crippen molar-refractivity contribution >= 4 is 17.5 Å². The van der Waals surface area contributed by atoms with Crippen LogP contribution in [0.3, 0.4) is 0 Å². The molecule has 4 heteroatoms. The Morgan fingerprint density at radius 1 is 1.14 bits per heavy atom. The van der Waals surface area contributed by atoms with E-state index in [2.05, 4.69) is 5.32 Å². The van der Waals surface area contributed by atoms with Crippen LogP contribution in [0.25, 0.3) is 0 Å². The molecule has 116 valence electrons.